The molecular weight excluding hydrogens is 398 g/mol. The molecule has 0 saturated heterocycles. The maximum atomic E-state index is 14.1. The number of rotatable bonds is 4. The second-order valence-electron chi connectivity index (χ2n) is 5.38. The number of carboxylic acid groups (broad SMARTS) is 1. The molecule has 0 aliphatic carbocycles. The van der Waals surface area contributed by atoms with Crippen molar-refractivity contribution in [3.63, 3.8) is 0 Å². The highest BCUT2D eigenvalue weighted by Gasteiger charge is 2.17. The average molecular weight is 409 g/mol. The average Bonchev–Trinajstić information content (AvgIpc) is 2.53. The summed E-state index contributed by atoms with van der Waals surface area (Å²) in [7, 11) is 0. The normalized spacial score (nSPS) is 11.0. The van der Waals surface area contributed by atoms with Gasteiger partial charge in [-0.15, -0.1) is 0 Å². The first-order valence-corrected chi connectivity index (χ1v) is 8.00. The van der Waals surface area contributed by atoms with Crippen molar-refractivity contribution >= 4 is 32.7 Å². The number of benzene rings is 2. The molecule has 0 radical (unpaired) electrons. The molecule has 0 fully saturated rings. The predicted molar refractivity (Wildman–Crippen MR) is 90.5 cm³/mol. The van der Waals surface area contributed by atoms with E-state index in [-0.39, 0.29) is 28.6 Å². The van der Waals surface area contributed by atoms with Gasteiger partial charge in [0, 0.05) is 15.4 Å². The number of aromatic nitrogens is 2. The molecule has 2 aromatic carbocycles. The molecule has 0 aliphatic heterocycles. The minimum Gasteiger partial charge on any atom is -0.481 e. The summed E-state index contributed by atoms with van der Waals surface area (Å²) in [6, 6.07) is 8.23. The molecule has 25 heavy (non-hydrogen) atoms. The van der Waals surface area contributed by atoms with Crippen LogP contribution in [-0.2, 0) is 17.8 Å². The van der Waals surface area contributed by atoms with Gasteiger partial charge in [0.25, 0.3) is 5.56 Å². The van der Waals surface area contributed by atoms with Crippen LogP contribution in [0.4, 0.5) is 8.78 Å². The van der Waals surface area contributed by atoms with E-state index >= 15 is 0 Å². The lowest BCUT2D eigenvalue weighted by Crippen LogP contribution is -2.27. The van der Waals surface area contributed by atoms with Crippen LogP contribution in [0, 0.1) is 11.6 Å². The van der Waals surface area contributed by atoms with Gasteiger partial charge in [-0.05, 0) is 18.2 Å². The number of hydrogen-bond acceptors (Lipinski definition) is 3. The Bertz CT molecular complexity index is 1050. The van der Waals surface area contributed by atoms with Crippen molar-refractivity contribution in [1.29, 1.82) is 0 Å². The van der Waals surface area contributed by atoms with Crippen LogP contribution < -0.4 is 5.56 Å². The summed E-state index contributed by atoms with van der Waals surface area (Å²) in [4.78, 5) is 23.6. The number of fused-ring (bicyclic) bond motifs is 1. The fraction of sp³-hybridized carbons (Fsp3) is 0.118. The summed E-state index contributed by atoms with van der Waals surface area (Å²) in [6.45, 7) is -0.241. The molecule has 0 amide bonds. The second kappa shape index (κ2) is 6.72. The van der Waals surface area contributed by atoms with E-state index in [0.29, 0.717) is 4.47 Å². The minimum atomic E-state index is -1.17. The monoisotopic (exact) mass is 408 g/mol. The fourth-order valence-electron chi connectivity index (χ4n) is 2.55. The summed E-state index contributed by atoms with van der Waals surface area (Å²) in [6.07, 6.45) is -0.483. The maximum absolute atomic E-state index is 14.1. The van der Waals surface area contributed by atoms with Crippen LogP contribution in [0.3, 0.4) is 0 Å². The number of carbonyl (C=O) groups is 1. The summed E-state index contributed by atoms with van der Waals surface area (Å²) < 4.78 is 29.6. The van der Waals surface area contributed by atoms with Crippen LogP contribution in [0.2, 0.25) is 0 Å². The molecule has 5 nitrogen and oxygen atoms in total. The first-order valence-electron chi connectivity index (χ1n) is 7.20. The van der Waals surface area contributed by atoms with E-state index in [1.54, 1.807) is 6.07 Å². The number of halogens is 3. The van der Waals surface area contributed by atoms with E-state index in [2.05, 4.69) is 21.0 Å². The van der Waals surface area contributed by atoms with Gasteiger partial charge in [0.2, 0.25) is 0 Å². The smallest absolute Gasteiger partial charge is 0.309 e. The molecule has 8 heteroatoms. The van der Waals surface area contributed by atoms with Crippen molar-refractivity contribution in [2.45, 2.75) is 13.0 Å². The van der Waals surface area contributed by atoms with Crippen LogP contribution in [0.15, 0.2) is 45.7 Å². The van der Waals surface area contributed by atoms with Gasteiger partial charge in [-0.25, -0.2) is 13.5 Å². The molecule has 1 heterocycles. The molecule has 3 aromatic rings. The van der Waals surface area contributed by atoms with E-state index in [9.17, 15) is 18.4 Å². The van der Waals surface area contributed by atoms with Crippen molar-refractivity contribution in [3.05, 3.63) is 74.1 Å². The van der Waals surface area contributed by atoms with Crippen LogP contribution >= 0.6 is 15.9 Å². The molecule has 0 spiro atoms. The van der Waals surface area contributed by atoms with E-state index < -0.39 is 29.6 Å². The predicted octanol–water partition coefficient (Wildman–Crippen LogP) is 3.11. The highest BCUT2D eigenvalue weighted by Crippen LogP contribution is 2.19. The third kappa shape index (κ3) is 3.43. The van der Waals surface area contributed by atoms with Gasteiger partial charge in [-0.2, -0.15) is 5.10 Å². The quantitative estimate of drug-likeness (QED) is 0.719. The van der Waals surface area contributed by atoms with E-state index in [0.717, 1.165) is 10.7 Å². The van der Waals surface area contributed by atoms with Crippen LogP contribution in [0.1, 0.15) is 11.3 Å². The Labute approximate surface area is 148 Å². The van der Waals surface area contributed by atoms with Crippen LogP contribution in [0.5, 0.6) is 0 Å². The molecule has 128 valence electrons. The lowest BCUT2D eigenvalue weighted by molar-refractivity contribution is -0.136. The van der Waals surface area contributed by atoms with Crippen molar-refractivity contribution in [3.8, 4) is 0 Å². The maximum Gasteiger partial charge on any atom is 0.309 e. The Morgan fingerprint density at radius 1 is 1.20 bits per heavy atom. The lowest BCUT2D eigenvalue weighted by Gasteiger charge is -2.11. The third-order valence-electron chi connectivity index (χ3n) is 3.67. The number of nitrogens with zero attached hydrogens (tertiary/aromatic N) is 2. The zero-order chi connectivity index (χ0) is 18.1. The van der Waals surface area contributed by atoms with Gasteiger partial charge in [0.15, 0.2) is 0 Å². The standard InChI is InChI=1S/C17H11BrF2N2O3/c18-10-5-4-9(13(20)6-10)8-22-17(25)16-11(2-1-3-12(16)19)14(21-22)7-15(23)24/h1-6H,7-8H2,(H,23,24). The molecule has 0 aliphatic rings. The summed E-state index contributed by atoms with van der Waals surface area (Å²) in [5.41, 5.74) is -0.529. The lowest BCUT2D eigenvalue weighted by atomic mass is 10.1. The number of carboxylic acids is 1. The first-order chi connectivity index (χ1) is 11.9. The largest absolute Gasteiger partial charge is 0.481 e. The van der Waals surface area contributed by atoms with Crippen molar-refractivity contribution in [2.24, 2.45) is 0 Å². The van der Waals surface area contributed by atoms with Gasteiger partial charge in [0.05, 0.1) is 24.0 Å². The SMILES string of the molecule is O=C(O)Cc1nn(Cc2ccc(Br)cc2F)c(=O)c2c(F)cccc12. The topological polar surface area (TPSA) is 72.2 Å². The zero-order valence-corrected chi connectivity index (χ0v) is 14.3. The van der Waals surface area contributed by atoms with E-state index in [1.807, 2.05) is 0 Å². The Kier molecular flexibility index (Phi) is 4.63. The van der Waals surface area contributed by atoms with Gasteiger partial charge >= 0.3 is 5.97 Å². The number of hydrogen-bond donors (Lipinski definition) is 1. The Morgan fingerprint density at radius 3 is 2.64 bits per heavy atom. The Hall–Kier alpha value is -2.61. The van der Waals surface area contributed by atoms with Crippen LogP contribution in [0.25, 0.3) is 10.8 Å². The van der Waals surface area contributed by atoms with Gasteiger partial charge in [-0.1, -0.05) is 34.1 Å². The van der Waals surface area contributed by atoms with Gasteiger partial charge in [0.1, 0.15) is 11.6 Å². The molecule has 3 rings (SSSR count). The molecule has 1 aromatic heterocycles. The third-order valence-corrected chi connectivity index (χ3v) is 4.16. The van der Waals surface area contributed by atoms with Crippen molar-refractivity contribution in [2.75, 3.05) is 0 Å². The molecule has 0 bridgehead atoms. The Morgan fingerprint density at radius 2 is 1.96 bits per heavy atom. The van der Waals surface area contributed by atoms with E-state index in [4.69, 9.17) is 5.11 Å². The Balaban J connectivity index is 2.21. The summed E-state index contributed by atoms with van der Waals surface area (Å²) in [5, 5.41) is 12.9. The molecule has 0 atom stereocenters. The zero-order valence-electron chi connectivity index (χ0n) is 12.7. The fourth-order valence-corrected chi connectivity index (χ4v) is 2.88. The van der Waals surface area contributed by atoms with E-state index in [1.165, 1.54) is 24.3 Å². The minimum absolute atomic E-state index is 0.0409. The number of aliphatic carboxylic acids is 1. The summed E-state index contributed by atoms with van der Waals surface area (Å²) >= 11 is 3.14. The molecule has 0 saturated carbocycles. The van der Waals surface area contributed by atoms with Gasteiger partial charge in [-0.3, -0.25) is 9.59 Å². The molecule has 0 unspecified atom stereocenters. The van der Waals surface area contributed by atoms with Crippen molar-refractivity contribution in [1.82, 2.24) is 9.78 Å². The summed E-state index contributed by atoms with van der Waals surface area (Å²) in [5.74, 6) is -2.50. The van der Waals surface area contributed by atoms with Crippen LogP contribution in [-0.4, -0.2) is 20.9 Å². The molecule has 1 N–H and O–H groups in total. The highest BCUT2D eigenvalue weighted by molar-refractivity contribution is 9.10. The highest BCUT2D eigenvalue weighted by atomic mass is 79.9. The van der Waals surface area contributed by atoms with Gasteiger partial charge < -0.3 is 5.11 Å². The van der Waals surface area contributed by atoms with Crippen molar-refractivity contribution < 1.29 is 18.7 Å². The molecular formula is C17H11BrF2N2O3. The second-order valence-corrected chi connectivity index (χ2v) is 6.29. The first kappa shape index (κ1) is 17.2.